The molecular formula is C46H46N4O4S. The summed E-state index contributed by atoms with van der Waals surface area (Å²) >= 11 is 0. The van der Waals surface area contributed by atoms with Gasteiger partial charge in [0, 0.05) is 57.0 Å². The van der Waals surface area contributed by atoms with Crippen LogP contribution < -0.4 is 9.80 Å². The van der Waals surface area contributed by atoms with Gasteiger partial charge in [0.05, 0.1) is 10.1 Å². The average molecular weight is 751 g/mol. The van der Waals surface area contributed by atoms with Crippen molar-refractivity contribution in [3.05, 3.63) is 157 Å². The van der Waals surface area contributed by atoms with Gasteiger partial charge in [0.25, 0.3) is 0 Å². The number of piperazine rings is 1. The maximum atomic E-state index is 13.5. The number of likely N-dealkylation sites (N-methyl/N-ethyl adjacent to an activating group) is 1. The Kier molecular flexibility index (Phi) is 11.4. The van der Waals surface area contributed by atoms with Gasteiger partial charge in [-0.15, -0.1) is 0 Å². The molecule has 1 atom stereocenters. The molecule has 1 unspecified atom stereocenters. The molecule has 1 saturated heterocycles. The van der Waals surface area contributed by atoms with Crippen LogP contribution in [0.1, 0.15) is 17.5 Å². The van der Waals surface area contributed by atoms with Crippen molar-refractivity contribution >= 4 is 59.6 Å². The minimum atomic E-state index is -3.38. The van der Waals surface area contributed by atoms with Gasteiger partial charge in [-0.05, 0) is 112 Å². The summed E-state index contributed by atoms with van der Waals surface area (Å²) in [6.45, 7) is 4.02. The van der Waals surface area contributed by atoms with Gasteiger partial charge in [-0.3, -0.25) is 9.88 Å². The number of aromatic nitrogens is 1. The molecule has 8 nitrogen and oxygen atoms in total. The summed E-state index contributed by atoms with van der Waals surface area (Å²) in [7, 11) is 0.275. The number of nitrogens with zero attached hydrogens (tertiary/aromatic N) is 4. The molecule has 0 radical (unpaired) electrons. The van der Waals surface area contributed by atoms with E-state index in [0.717, 1.165) is 38.3 Å². The summed E-state index contributed by atoms with van der Waals surface area (Å²) in [6.07, 6.45) is 4.78. The average Bonchev–Trinajstić information content (AvgIpc) is 3.24. The molecule has 6 aromatic carbocycles. The van der Waals surface area contributed by atoms with Crippen LogP contribution in [0.5, 0.6) is 0 Å². The molecule has 2 aliphatic rings. The fraction of sp³-hybridized carbons (Fsp3) is 0.217. The molecule has 9 rings (SSSR count). The standard InChI is InChI=1S/C29H30N2O2S.C9H7N.C8H9NO2/c1-30-16-18-31(19-17-30)23-8-10-24(11-9-23)34(32,33)25-12-15-27-22(20-25)7-14-28-26-5-3-2-4-21(26)6-13-29(27)28;1-2-4-9-7-10-6-5-8(9)3-1;1-9(8(10)11)7-5-3-2-4-6-7/h2-11,13-14,25H,12,15-20H2,1H3;1-7H;2-6H,1H3,(H,10,11). The monoisotopic (exact) mass is 750 g/mol. The van der Waals surface area contributed by atoms with E-state index < -0.39 is 15.9 Å². The molecule has 280 valence electrons. The first-order chi connectivity index (χ1) is 26.7. The minimum Gasteiger partial charge on any atom is -0.465 e. The Bertz CT molecular complexity index is 2450. The molecule has 1 aliphatic carbocycles. The Labute approximate surface area is 323 Å². The fourth-order valence-electron chi connectivity index (χ4n) is 7.49. The van der Waals surface area contributed by atoms with Gasteiger partial charge in [-0.25, -0.2) is 13.2 Å². The summed E-state index contributed by atoms with van der Waals surface area (Å²) < 4.78 is 27.1. The van der Waals surface area contributed by atoms with Crippen LogP contribution in [0.25, 0.3) is 32.3 Å². The van der Waals surface area contributed by atoms with Gasteiger partial charge < -0.3 is 14.9 Å². The van der Waals surface area contributed by atoms with Crippen molar-refractivity contribution in [1.29, 1.82) is 0 Å². The van der Waals surface area contributed by atoms with Gasteiger partial charge in [0.2, 0.25) is 0 Å². The second-order valence-corrected chi connectivity index (χ2v) is 16.4. The number of carboxylic acid groups (broad SMARTS) is 1. The zero-order chi connectivity index (χ0) is 38.4. The Hall–Kier alpha value is -5.77. The van der Waals surface area contributed by atoms with Crippen LogP contribution in [0.4, 0.5) is 16.2 Å². The van der Waals surface area contributed by atoms with E-state index in [1.54, 1.807) is 24.3 Å². The maximum Gasteiger partial charge on any atom is 0.411 e. The largest absolute Gasteiger partial charge is 0.465 e. The lowest BCUT2D eigenvalue weighted by molar-refractivity contribution is 0.203. The summed E-state index contributed by atoms with van der Waals surface area (Å²) in [5, 5.41) is 15.7. The maximum absolute atomic E-state index is 13.5. The van der Waals surface area contributed by atoms with Crippen molar-refractivity contribution < 1.29 is 18.3 Å². The van der Waals surface area contributed by atoms with Crippen molar-refractivity contribution in [2.45, 2.75) is 29.4 Å². The number of fused-ring (bicyclic) bond motifs is 6. The number of rotatable bonds is 4. The van der Waals surface area contributed by atoms with Gasteiger partial charge in [0.1, 0.15) is 0 Å². The van der Waals surface area contributed by atoms with Crippen LogP contribution in [-0.4, -0.2) is 75.0 Å². The van der Waals surface area contributed by atoms with Crippen LogP contribution in [0, 0.1) is 0 Å². The first-order valence-corrected chi connectivity index (χ1v) is 20.2. The van der Waals surface area contributed by atoms with Crippen LogP contribution in [0.2, 0.25) is 0 Å². The number of hydrogen-bond acceptors (Lipinski definition) is 6. The topological polar surface area (TPSA) is 94.0 Å². The summed E-state index contributed by atoms with van der Waals surface area (Å²) in [5.41, 5.74) is 4.29. The minimum absolute atomic E-state index is 0.368. The highest BCUT2D eigenvalue weighted by molar-refractivity contribution is 7.92. The van der Waals surface area contributed by atoms with Crippen molar-refractivity contribution in [2.24, 2.45) is 0 Å². The normalized spacial score (nSPS) is 15.7. The second-order valence-electron chi connectivity index (χ2n) is 14.2. The van der Waals surface area contributed by atoms with Crippen LogP contribution in [-0.2, 0) is 22.7 Å². The highest BCUT2D eigenvalue weighted by atomic mass is 32.2. The number of para-hydroxylation sites is 1. The number of sulfone groups is 1. The lowest BCUT2D eigenvalue weighted by Gasteiger charge is -2.34. The number of benzene rings is 6. The molecule has 2 heterocycles. The molecule has 7 aromatic rings. The van der Waals surface area contributed by atoms with Crippen molar-refractivity contribution in [3.63, 3.8) is 0 Å². The third-order valence-electron chi connectivity index (χ3n) is 10.8. The highest BCUT2D eigenvalue weighted by Crippen LogP contribution is 2.36. The summed E-state index contributed by atoms with van der Waals surface area (Å²) in [4.78, 5) is 20.7. The fourth-order valence-corrected chi connectivity index (χ4v) is 9.22. The molecule has 9 heteroatoms. The molecule has 0 saturated carbocycles. The SMILES string of the molecule is CN(C(=O)O)c1ccccc1.CN1CCN(c2ccc(S(=O)(=O)C3CCc4c(ccc5c4ccc4ccccc45)C3)cc2)CC1.c1ccc2cnccc2c1. The summed E-state index contributed by atoms with van der Waals surface area (Å²) in [5.74, 6) is 0. The molecule has 1 aromatic heterocycles. The van der Waals surface area contributed by atoms with E-state index in [2.05, 4.69) is 82.5 Å². The molecule has 1 N–H and O–H groups in total. The predicted molar refractivity (Wildman–Crippen MR) is 225 cm³/mol. The third kappa shape index (κ3) is 8.48. The van der Waals surface area contributed by atoms with E-state index in [0.29, 0.717) is 23.4 Å². The molecule has 1 aliphatic heterocycles. The number of amides is 1. The molecule has 0 bridgehead atoms. The van der Waals surface area contributed by atoms with E-state index in [-0.39, 0.29) is 5.25 Å². The van der Waals surface area contributed by atoms with Crippen LogP contribution in [0.3, 0.4) is 0 Å². The zero-order valence-electron chi connectivity index (χ0n) is 31.3. The van der Waals surface area contributed by atoms with E-state index in [9.17, 15) is 13.2 Å². The van der Waals surface area contributed by atoms with Gasteiger partial charge in [-0.2, -0.15) is 0 Å². The van der Waals surface area contributed by atoms with Crippen molar-refractivity contribution in [3.8, 4) is 0 Å². The summed E-state index contributed by atoms with van der Waals surface area (Å²) in [6, 6.07) is 43.9. The Morgan fingerprint density at radius 2 is 1.36 bits per heavy atom. The Balaban J connectivity index is 0.000000179. The number of pyridine rings is 1. The molecule has 1 fully saturated rings. The highest BCUT2D eigenvalue weighted by Gasteiger charge is 2.32. The lowest BCUT2D eigenvalue weighted by Crippen LogP contribution is -2.44. The zero-order valence-corrected chi connectivity index (χ0v) is 32.1. The number of carbonyl (C=O) groups is 1. The van der Waals surface area contributed by atoms with Gasteiger partial charge >= 0.3 is 6.09 Å². The number of aryl methyl sites for hydroxylation is 1. The predicted octanol–water partition coefficient (Wildman–Crippen LogP) is 9.11. The third-order valence-corrected chi connectivity index (χ3v) is 13.0. The lowest BCUT2D eigenvalue weighted by atomic mass is 9.86. The van der Waals surface area contributed by atoms with E-state index in [1.165, 1.54) is 55.4 Å². The smallest absolute Gasteiger partial charge is 0.411 e. The van der Waals surface area contributed by atoms with E-state index in [4.69, 9.17) is 5.11 Å². The van der Waals surface area contributed by atoms with Crippen LogP contribution in [0.15, 0.2) is 151 Å². The molecule has 0 spiro atoms. The number of anilines is 2. The second kappa shape index (κ2) is 16.7. The first kappa shape index (κ1) is 37.5. The number of hydrogen-bond donors (Lipinski definition) is 1. The first-order valence-electron chi connectivity index (χ1n) is 18.7. The van der Waals surface area contributed by atoms with Crippen molar-refractivity contribution in [2.75, 3.05) is 50.1 Å². The quantitative estimate of drug-likeness (QED) is 0.180. The molecule has 1 amide bonds. The van der Waals surface area contributed by atoms with E-state index >= 15 is 0 Å². The van der Waals surface area contributed by atoms with Crippen molar-refractivity contribution in [1.82, 2.24) is 9.88 Å². The van der Waals surface area contributed by atoms with Gasteiger partial charge in [-0.1, -0.05) is 91.0 Å². The molecular weight excluding hydrogens is 705 g/mol. The van der Waals surface area contributed by atoms with Crippen LogP contribution >= 0.6 is 0 Å². The Morgan fingerprint density at radius 3 is 2.07 bits per heavy atom. The van der Waals surface area contributed by atoms with Gasteiger partial charge in [0.15, 0.2) is 9.84 Å². The molecule has 55 heavy (non-hydrogen) atoms. The Morgan fingerprint density at radius 1 is 0.709 bits per heavy atom. The van der Waals surface area contributed by atoms with E-state index in [1.807, 2.05) is 60.9 Å².